The van der Waals surface area contributed by atoms with E-state index in [0.717, 1.165) is 26.0 Å². The molecule has 3 aliphatic heterocycles. The number of ether oxygens (including phenoxy) is 1. The van der Waals surface area contributed by atoms with Crippen molar-refractivity contribution in [3.8, 4) is 0 Å². The van der Waals surface area contributed by atoms with Crippen molar-refractivity contribution in [3.05, 3.63) is 0 Å². The Hall–Kier alpha value is 1.52. The predicted octanol–water partition coefficient (Wildman–Crippen LogP) is -2.86. The molecule has 3 aliphatic rings. The Morgan fingerprint density at radius 1 is 1.40 bits per heavy atom. The van der Waals surface area contributed by atoms with Crippen molar-refractivity contribution in [1.82, 2.24) is 4.90 Å². The van der Waals surface area contributed by atoms with Crippen LogP contribution in [0.25, 0.3) is 0 Å². The van der Waals surface area contributed by atoms with E-state index in [9.17, 15) is 5.11 Å². The van der Waals surface area contributed by atoms with Crippen LogP contribution in [0.1, 0.15) is 32.1 Å². The van der Waals surface area contributed by atoms with Gasteiger partial charge in [-0.2, -0.15) is 0 Å². The summed E-state index contributed by atoms with van der Waals surface area (Å²) in [4.78, 5) is 2.48. The first-order valence-corrected chi connectivity index (χ1v) is 5.82. The summed E-state index contributed by atoms with van der Waals surface area (Å²) in [7, 11) is 0. The van der Waals surface area contributed by atoms with Crippen molar-refractivity contribution in [3.63, 3.8) is 0 Å². The van der Waals surface area contributed by atoms with Gasteiger partial charge in [0, 0.05) is 18.2 Å². The molecule has 3 saturated heterocycles. The minimum Gasteiger partial charge on any atom is -0.853 e. The van der Waals surface area contributed by atoms with Crippen LogP contribution in [-0.4, -0.2) is 42.3 Å². The van der Waals surface area contributed by atoms with E-state index in [2.05, 4.69) is 4.90 Å². The van der Waals surface area contributed by atoms with Crippen molar-refractivity contribution in [1.29, 1.82) is 0 Å². The van der Waals surface area contributed by atoms with Crippen LogP contribution in [0.3, 0.4) is 0 Å². The van der Waals surface area contributed by atoms with Crippen LogP contribution < -0.4 is 56.5 Å². The number of fused-ring (bicyclic) bond motifs is 3. The van der Waals surface area contributed by atoms with Crippen LogP contribution in [0.5, 0.6) is 0 Å². The second kappa shape index (κ2) is 5.02. The Bertz CT molecular complexity index is 239. The molecular weight excluding hydrogens is 217 g/mol. The molecule has 3 nitrogen and oxygen atoms in total. The van der Waals surface area contributed by atoms with Gasteiger partial charge < -0.3 is 9.84 Å². The fourth-order valence-corrected chi connectivity index (χ4v) is 3.66. The van der Waals surface area contributed by atoms with Crippen LogP contribution >= 0.6 is 0 Å². The van der Waals surface area contributed by atoms with Crippen LogP contribution in [0.2, 0.25) is 0 Å². The molecule has 0 radical (unpaired) electrons. The van der Waals surface area contributed by atoms with E-state index in [0.29, 0.717) is 12.1 Å². The maximum Gasteiger partial charge on any atom is 1.00 e. The van der Waals surface area contributed by atoms with Crippen LogP contribution in [0, 0.1) is 0 Å². The maximum absolute atomic E-state index is 11.4. The first-order chi connectivity index (χ1) is 6.86. The number of nitrogens with zero attached hydrogens (tertiary/aromatic N) is 1. The Morgan fingerprint density at radius 3 is 3.07 bits per heavy atom. The summed E-state index contributed by atoms with van der Waals surface area (Å²) in [5.41, 5.74) is -0.0142. The molecule has 0 saturated carbocycles. The third-order valence-corrected chi connectivity index (χ3v) is 4.31. The molecule has 80 valence electrons. The van der Waals surface area contributed by atoms with Crippen molar-refractivity contribution in [2.75, 3.05) is 19.8 Å². The SMILES string of the molecule is [K+].[O-]CC12CCCN1C1CCCOC1C2. The van der Waals surface area contributed by atoms with Crippen molar-refractivity contribution < 1.29 is 61.2 Å². The summed E-state index contributed by atoms with van der Waals surface area (Å²) in [6, 6.07) is 0.570. The summed E-state index contributed by atoms with van der Waals surface area (Å²) in [6.07, 6.45) is 6.11. The minimum atomic E-state index is -0.0142. The van der Waals surface area contributed by atoms with Gasteiger partial charge in [0.1, 0.15) is 0 Å². The summed E-state index contributed by atoms with van der Waals surface area (Å²) < 4.78 is 5.78. The molecule has 0 aromatic carbocycles. The molecule has 0 spiro atoms. The molecular formula is C11H18KNO2. The Labute approximate surface area is 134 Å². The largest absolute Gasteiger partial charge is 1.00 e. The van der Waals surface area contributed by atoms with E-state index < -0.39 is 0 Å². The number of hydrogen-bond donors (Lipinski definition) is 0. The zero-order chi connectivity index (χ0) is 9.60. The van der Waals surface area contributed by atoms with E-state index in [1.165, 1.54) is 19.3 Å². The average Bonchev–Trinajstić information content (AvgIpc) is 2.73. The van der Waals surface area contributed by atoms with Gasteiger partial charge in [0.25, 0.3) is 0 Å². The van der Waals surface area contributed by atoms with Gasteiger partial charge >= 0.3 is 51.4 Å². The van der Waals surface area contributed by atoms with Gasteiger partial charge in [0.2, 0.25) is 0 Å². The molecule has 0 amide bonds. The molecule has 4 heteroatoms. The van der Waals surface area contributed by atoms with Crippen LogP contribution in [-0.2, 0) is 4.74 Å². The quantitative estimate of drug-likeness (QED) is 0.459. The topological polar surface area (TPSA) is 35.5 Å². The maximum atomic E-state index is 11.4. The first-order valence-electron chi connectivity index (χ1n) is 5.82. The van der Waals surface area contributed by atoms with Gasteiger partial charge in [-0.15, -0.1) is 6.61 Å². The molecule has 0 N–H and O–H groups in total. The Morgan fingerprint density at radius 2 is 2.27 bits per heavy atom. The van der Waals surface area contributed by atoms with Crippen LogP contribution in [0.4, 0.5) is 0 Å². The average molecular weight is 235 g/mol. The zero-order valence-corrected chi connectivity index (χ0v) is 12.7. The summed E-state index contributed by atoms with van der Waals surface area (Å²) in [6.45, 7) is 2.11. The van der Waals surface area contributed by atoms with Gasteiger partial charge in [-0.3, -0.25) is 4.90 Å². The third-order valence-electron chi connectivity index (χ3n) is 4.31. The van der Waals surface area contributed by atoms with E-state index in [-0.39, 0.29) is 63.5 Å². The van der Waals surface area contributed by atoms with E-state index in [1.54, 1.807) is 0 Å². The molecule has 0 aliphatic carbocycles. The third kappa shape index (κ3) is 2.01. The van der Waals surface area contributed by atoms with Gasteiger partial charge in [-0.25, -0.2) is 0 Å². The summed E-state index contributed by atoms with van der Waals surface area (Å²) in [5.74, 6) is 0. The Balaban J connectivity index is 0.000000853. The first kappa shape index (κ1) is 13.0. The van der Waals surface area contributed by atoms with Gasteiger partial charge in [0.15, 0.2) is 0 Å². The van der Waals surface area contributed by atoms with E-state index >= 15 is 0 Å². The Kier molecular flexibility index (Phi) is 4.34. The summed E-state index contributed by atoms with van der Waals surface area (Å²) >= 11 is 0. The number of hydrogen-bond acceptors (Lipinski definition) is 3. The predicted molar refractivity (Wildman–Crippen MR) is 50.9 cm³/mol. The standard InChI is InChI=1S/C11H18NO2.K/c13-8-11-4-2-5-12(11)9-3-1-6-14-10(9)7-11;/h9-10H,1-8H2;/q-1;+1. The smallest absolute Gasteiger partial charge is 0.853 e. The zero-order valence-electron chi connectivity index (χ0n) is 9.58. The molecule has 15 heavy (non-hydrogen) atoms. The molecule has 0 bridgehead atoms. The minimum absolute atomic E-state index is 0. The van der Waals surface area contributed by atoms with Crippen LogP contribution in [0.15, 0.2) is 0 Å². The molecule has 0 aromatic rings. The molecule has 0 aromatic heterocycles. The van der Waals surface area contributed by atoms with Gasteiger partial charge in [-0.05, 0) is 38.6 Å². The molecule has 3 fully saturated rings. The molecule has 3 heterocycles. The molecule has 3 atom stereocenters. The summed E-state index contributed by atoms with van der Waals surface area (Å²) in [5, 5.41) is 11.4. The fourth-order valence-electron chi connectivity index (χ4n) is 3.66. The van der Waals surface area contributed by atoms with Crippen molar-refractivity contribution in [2.24, 2.45) is 0 Å². The van der Waals surface area contributed by atoms with E-state index in [4.69, 9.17) is 4.74 Å². The van der Waals surface area contributed by atoms with E-state index in [1.807, 2.05) is 0 Å². The van der Waals surface area contributed by atoms with Gasteiger partial charge in [-0.1, -0.05) is 0 Å². The van der Waals surface area contributed by atoms with Crippen molar-refractivity contribution in [2.45, 2.75) is 49.8 Å². The normalized spacial score (nSPS) is 44.6. The second-order valence-electron chi connectivity index (χ2n) is 4.99. The number of rotatable bonds is 1. The molecule has 3 rings (SSSR count). The van der Waals surface area contributed by atoms with Gasteiger partial charge in [0.05, 0.1) is 6.10 Å². The molecule has 3 unspecified atom stereocenters. The second-order valence-corrected chi connectivity index (χ2v) is 4.99. The monoisotopic (exact) mass is 235 g/mol. The fraction of sp³-hybridized carbons (Fsp3) is 1.00. The van der Waals surface area contributed by atoms with Crippen molar-refractivity contribution >= 4 is 0 Å².